The third-order valence-corrected chi connectivity index (χ3v) is 6.14. The maximum absolute atomic E-state index is 12.6. The Bertz CT molecular complexity index is 1310. The van der Waals surface area contributed by atoms with Crippen molar-refractivity contribution in [2.24, 2.45) is 11.8 Å². The van der Waals surface area contributed by atoms with Crippen LogP contribution in [0, 0.1) is 25.7 Å². The lowest BCUT2D eigenvalue weighted by Crippen LogP contribution is -2.24. The van der Waals surface area contributed by atoms with Gasteiger partial charge in [-0.2, -0.15) is 4.98 Å². The van der Waals surface area contributed by atoms with Crippen molar-refractivity contribution in [3.05, 3.63) is 58.0 Å². The van der Waals surface area contributed by atoms with Crippen LogP contribution in [0.3, 0.4) is 0 Å². The molecule has 30 heavy (non-hydrogen) atoms. The zero-order valence-corrected chi connectivity index (χ0v) is 16.5. The molecule has 0 aromatic carbocycles. The number of anilines is 1. The normalized spacial score (nSPS) is 22.6. The molecule has 0 N–H and O–H groups in total. The fourth-order valence-electron chi connectivity index (χ4n) is 4.53. The molecule has 152 valence electrons. The first kappa shape index (κ1) is 17.3. The van der Waals surface area contributed by atoms with Gasteiger partial charge in [0.2, 0.25) is 5.89 Å². The molecule has 5 heterocycles. The van der Waals surface area contributed by atoms with Crippen LogP contribution in [0.2, 0.25) is 0 Å². The molecular weight excluding hydrogens is 386 g/mol. The van der Waals surface area contributed by atoms with Crippen LogP contribution in [-0.2, 0) is 6.54 Å². The van der Waals surface area contributed by atoms with Crippen LogP contribution in [0.25, 0.3) is 11.1 Å². The largest absolute Gasteiger partial charge is 0.356 e. The molecule has 2 aliphatic rings. The Kier molecular flexibility index (Phi) is 3.59. The highest BCUT2D eigenvalue weighted by Crippen LogP contribution is 2.57. The third kappa shape index (κ3) is 2.63. The fourth-order valence-corrected chi connectivity index (χ4v) is 4.53. The van der Waals surface area contributed by atoms with E-state index in [9.17, 15) is 4.79 Å². The molecule has 2 unspecified atom stereocenters. The minimum atomic E-state index is -0.233. The number of rotatable bonds is 4. The smallest absolute Gasteiger partial charge is 0.267 e. The zero-order chi connectivity index (χ0) is 20.4. The van der Waals surface area contributed by atoms with Gasteiger partial charge in [-0.25, -0.2) is 9.97 Å². The number of piperidine rings is 1. The fraction of sp³-hybridized carbons (Fsp3) is 0.400. The molecule has 0 bridgehead atoms. The molecule has 0 spiro atoms. The minimum Gasteiger partial charge on any atom is -0.356 e. The summed E-state index contributed by atoms with van der Waals surface area (Å²) in [5.74, 6) is 3.48. The Morgan fingerprint density at radius 2 is 1.97 bits per heavy atom. The van der Waals surface area contributed by atoms with E-state index in [4.69, 9.17) is 9.05 Å². The van der Waals surface area contributed by atoms with Gasteiger partial charge in [0.05, 0.1) is 5.69 Å². The first-order chi connectivity index (χ1) is 14.6. The number of nitrogens with zero attached hydrogens (tertiary/aromatic N) is 7. The predicted octanol–water partition coefficient (Wildman–Crippen LogP) is 1.68. The van der Waals surface area contributed by atoms with Gasteiger partial charge in [-0.3, -0.25) is 9.36 Å². The van der Waals surface area contributed by atoms with Crippen molar-refractivity contribution in [3.8, 4) is 0 Å². The van der Waals surface area contributed by atoms with Gasteiger partial charge in [-0.15, -0.1) is 0 Å². The first-order valence-electron chi connectivity index (χ1n) is 9.90. The van der Waals surface area contributed by atoms with Crippen molar-refractivity contribution in [2.45, 2.75) is 26.3 Å². The van der Waals surface area contributed by atoms with Crippen molar-refractivity contribution in [1.29, 1.82) is 0 Å². The topological polar surface area (TPSA) is 116 Å². The van der Waals surface area contributed by atoms with Crippen LogP contribution in [0.1, 0.15) is 28.9 Å². The molecule has 4 aromatic rings. The summed E-state index contributed by atoms with van der Waals surface area (Å²) in [4.78, 5) is 28.1. The molecule has 6 rings (SSSR count). The van der Waals surface area contributed by atoms with E-state index in [1.807, 2.05) is 12.3 Å². The SMILES string of the molecule is Cc1ccnc(N2CC3C(C2)C3c2noc(Cn3cnc4onc(C)c4c3=O)n2)c1. The minimum absolute atomic E-state index is 0.167. The Morgan fingerprint density at radius 3 is 2.77 bits per heavy atom. The van der Waals surface area contributed by atoms with E-state index in [2.05, 4.69) is 43.2 Å². The lowest BCUT2D eigenvalue weighted by atomic mass is 10.2. The number of aryl methyl sites for hydroxylation is 2. The van der Waals surface area contributed by atoms with Gasteiger partial charge in [-0.05, 0) is 43.4 Å². The maximum atomic E-state index is 12.6. The molecule has 10 nitrogen and oxygen atoms in total. The standard InChI is InChI=1S/C20H19N7O3/c1-10-3-4-21-14(5-10)26-6-12-13(7-26)17(12)18-23-15(29-25-18)8-27-9-22-19-16(20(27)28)11(2)24-30-19/h3-5,9,12-13,17H,6-8H2,1-2H3. The van der Waals surface area contributed by atoms with Gasteiger partial charge < -0.3 is 13.9 Å². The molecule has 10 heteroatoms. The molecule has 0 amide bonds. The van der Waals surface area contributed by atoms with E-state index < -0.39 is 0 Å². The zero-order valence-electron chi connectivity index (χ0n) is 16.5. The van der Waals surface area contributed by atoms with Gasteiger partial charge in [0.25, 0.3) is 11.3 Å². The Labute approximate surface area is 170 Å². The molecule has 1 saturated carbocycles. The summed E-state index contributed by atoms with van der Waals surface area (Å²) < 4.78 is 11.9. The lowest BCUT2D eigenvalue weighted by Gasteiger charge is -2.20. The third-order valence-electron chi connectivity index (χ3n) is 6.14. The summed E-state index contributed by atoms with van der Waals surface area (Å²) in [6, 6.07) is 4.12. The van der Waals surface area contributed by atoms with Gasteiger partial charge in [0.1, 0.15) is 24.1 Å². The van der Waals surface area contributed by atoms with E-state index in [0.29, 0.717) is 34.7 Å². The summed E-state index contributed by atoms with van der Waals surface area (Å²) in [5.41, 5.74) is 1.73. The average molecular weight is 405 g/mol. The maximum Gasteiger partial charge on any atom is 0.267 e. The van der Waals surface area contributed by atoms with Crippen molar-refractivity contribution >= 4 is 16.9 Å². The van der Waals surface area contributed by atoms with Crippen molar-refractivity contribution in [2.75, 3.05) is 18.0 Å². The van der Waals surface area contributed by atoms with Crippen molar-refractivity contribution in [1.82, 2.24) is 29.8 Å². The molecular formula is C20H19N7O3. The second-order valence-electron chi connectivity index (χ2n) is 8.12. The molecule has 2 fully saturated rings. The number of hydrogen-bond acceptors (Lipinski definition) is 9. The van der Waals surface area contributed by atoms with Crippen LogP contribution < -0.4 is 10.5 Å². The van der Waals surface area contributed by atoms with E-state index in [1.165, 1.54) is 16.5 Å². The number of hydrogen-bond donors (Lipinski definition) is 0. The Hall–Kier alpha value is -3.56. The van der Waals surface area contributed by atoms with Gasteiger partial charge >= 0.3 is 0 Å². The summed E-state index contributed by atoms with van der Waals surface area (Å²) >= 11 is 0. The van der Waals surface area contributed by atoms with Gasteiger partial charge in [0.15, 0.2) is 5.82 Å². The van der Waals surface area contributed by atoms with Gasteiger partial charge in [0, 0.05) is 25.2 Å². The van der Waals surface area contributed by atoms with E-state index in [-0.39, 0.29) is 17.8 Å². The molecule has 1 aliphatic heterocycles. The molecule has 1 aliphatic carbocycles. The lowest BCUT2D eigenvalue weighted by molar-refractivity contribution is 0.363. The van der Waals surface area contributed by atoms with E-state index >= 15 is 0 Å². The second-order valence-corrected chi connectivity index (χ2v) is 8.12. The average Bonchev–Trinajstić information content (AvgIpc) is 3.16. The monoisotopic (exact) mass is 405 g/mol. The summed E-state index contributed by atoms with van der Waals surface area (Å²) in [5, 5.41) is 8.35. The van der Waals surface area contributed by atoms with E-state index in [1.54, 1.807) is 6.92 Å². The van der Waals surface area contributed by atoms with Crippen molar-refractivity contribution < 1.29 is 9.05 Å². The quantitative estimate of drug-likeness (QED) is 0.500. The van der Waals surface area contributed by atoms with E-state index in [0.717, 1.165) is 24.7 Å². The number of aromatic nitrogens is 6. The van der Waals surface area contributed by atoms with Crippen LogP contribution in [0.4, 0.5) is 5.82 Å². The molecule has 0 radical (unpaired) electrons. The Balaban J connectivity index is 1.17. The predicted molar refractivity (Wildman–Crippen MR) is 105 cm³/mol. The molecule has 1 saturated heterocycles. The summed E-state index contributed by atoms with van der Waals surface area (Å²) in [6.45, 7) is 5.85. The molecule has 4 aromatic heterocycles. The van der Waals surface area contributed by atoms with Crippen LogP contribution in [-0.4, -0.2) is 42.9 Å². The van der Waals surface area contributed by atoms with Crippen LogP contribution in [0.5, 0.6) is 0 Å². The highest BCUT2D eigenvalue weighted by molar-refractivity contribution is 5.73. The van der Waals surface area contributed by atoms with Crippen LogP contribution >= 0.6 is 0 Å². The number of pyridine rings is 1. The highest BCUT2D eigenvalue weighted by atomic mass is 16.5. The summed E-state index contributed by atoms with van der Waals surface area (Å²) in [7, 11) is 0. The molecule has 2 atom stereocenters. The number of fused-ring (bicyclic) bond motifs is 2. The Morgan fingerprint density at radius 1 is 1.13 bits per heavy atom. The van der Waals surface area contributed by atoms with Gasteiger partial charge in [-0.1, -0.05) is 10.3 Å². The highest BCUT2D eigenvalue weighted by Gasteiger charge is 2.58. The first-order valence-corrected chi connectivity index (χ1v) is 9.90. The summed E-state index contributed by atoms with van der Waals surface area (Å²) in [6.07, 6.45) is 3.27. The second kappa shape index (κ2) is 6.22. The van der Waals surface area contributed by atoms with Crippen LogP contribution in [0.15, 0.2) is 38.5 Å². The van der Waals surface area contributed by atoms with Crippen molar-refractivity contribution in [3.63, 3.8) is 0 Å².